The van der Waals surface area contributed by atoms with Crippen LogP contribution in [0.5, 0.6) is 0 Å². The van der Waals surface area contributed by atoms with Crippen molar-refractivity contribution in [3.05, 3.63) is 17.5 Å². The number of nitrogens with zero attached hydrogens (tertiary/aromatic N) is 2. The molecule has 0 amide bonds. The van der Waals surface area contributed by atoms with Crippen molar-refractivity contribution in [3.8, 4) is 0 Å². The third-order valence-electron chi connectivity index (χ3n) is 2.22. The van der Waals surface area contributed by atoms with E-state index in [-0.39, 0.29) is 5.25 Å². The molecular formula is C9H10N2O2S2. The lowest BCUT2D eigenvalue weighted by Crippen LogP contribution is -2.24. The molecule has 15 heavy (non-hydrogen) atoms. The third kappa shape index (κ3) is 2.26. The van der Waals surface area contributed by atoms with Gasteiger partial charge in [-0.25, -0.2) is 9.97 Å². The van der Waals surface area contributed by atoms with Gasteiger partial charge in [0, 0.05) is 11.9 Å². The number of fused-ring (bicyclic) bond motifs is 1. The number of carbonyl (C=O) groups is 1. The Morgan fingerprint density at radius 1 is 1.73 bits per heavy atom. The highest BCUT2D eigenvalue weighted by atomic mass is 32.2. The number of aliphatic carboxylic acids is 1. The number of rotatable bonds is 2. The summed E-state index contributed by atoms with van der Waals surface area (Å²) < 4.78 is 0. The van der Waals surface area contributed by atoms with E-state index in [0.717, 1.165) is 16.4 Å². The maximum atomic E-state index is 10.8. The molecule has 4 nitrogen and oxygen atoms in total. The Balaban J connectivity index is 2.24. The molecule has 0 saturated heterocycles. The fraction of sp³-hybridized carbons (Fsp3) is 0.444. The molecule has 0 aromatic carbocycles. The predicted octanol–water partition coefficient (Wildman–Crippen LogP) is 1.44. The van der Waals surface area contributed by atoms with Crippen LogP contribution in [0.15, 0.2) is 11.4 Å². The molecule has 1 aromatic heterocycles. The highest BCUT2D eigenvalue weighted by Crippen LogP contribution is 2.29. The normalized spacial score (nSPS) is 19.7. The van der Waals surface area contributed by atoms with Gasteiger partial charge < -0.3 is 5.11 Å². The zero-order valence-corrected chi connectivity index (χ0v) is 9.77. The van der Waals surface area contributed by atoms with Gasteiger partial charge in [-0.2, -0.15) is 0 Å². The molecular weight excluding hydrogens is 232 g/mol. The van der Waals surface area contributed by atoms with Crippen molar-refractivity contribution >= 4 is 29.5 Å². The van der Waals surface area contributed by atoms with E-state index in [4.69, 9.17) is 5.11 Å². The van der Waals surface area contributed by atoms with Gasteiger partial charge in [-0.05, 0) is 18.2 Å². The number of thioether (sulfide) groups is 2. The van der Waals surface area contributed by atoms with Gasteiger partial charge in [-0.1, -0.05) is 11.8 Å². The van der Waals surface area contributed by atoms with Crippen LogP contribution < -0.4 is 0 Å². The quantitative estimate of drug-likeness (QED) is 0.625. The third-order valence-corrected chi connectivity index (χ3v) is 3.99. The maximum absolute atomic E-state index is 10.8. The highest BCUT2D eigenvalue weighted by Gasteiger charge is 2.25. The number of carboxylic acid groups (broad SMARTS) is 1. The molecule has 1 N–H and O–H groups in total. The van der Waals surface area contributed by atoms with Crippen molar-refractivity contribution in [1.29, 1.82) is 0 Å². The topological polar surface area (TPSA) is 63.1 Å². The Kier molecular flexibility index (Phi) is 3.16. The molecule has 2 heterocycles. The summed E-state index contributed by atoms with van der Waals surface area (Å²) in [5, 5.41) is 9.31. The summed E-state index contributed by atoms with van der Waals surface area (Å²) in [5.41, 5.74) is 1.95. The van der Waals surface area contributed by atoms with E-state index in [9.17, 15) is 4.79 Å². The summed E-state index contributed by atoms with van der Waals surface area (Å²) in [6.45, 7) is 0. The molecule has 1 aliphatic rings. The molecule has 0 bridgehead atoms. The first-order chi connectivity index (χ1) is 7.20. The van der Waals surface area contributed by atoms with E-state index in [2.05, 4.69) is 9.97 Å². The molecule has 1 atom stereocenters. The molecule has 0 radical (unpaired) electrons. The van der Waals surface area contributed by atoms with E-state index in [1.165, 1.54) is 23.5 Å². The monoisotopic (exact) mass is 242 g/mol. The molecule has 6 heteroatoms. The van der Waals surface area contributed by atoms with Gasteiger partial charge in [0.15, 0.2) is 5.16 Å². The smallest absolute Gasteiger partial charge is 0.316 e. The Morgan fingerprint density at radius 2 is 2.53 bits per heavy atom. The van der Waals surface area contributed by atoms with Crippen molar-refractivity contribution in [3.63, 3.8) is 0 Å². The zero-order chi connectivity index (χ0) is 10.8. The van der Waals surface area contributed by atoms with E-state index >= 15 is 0 Å². The van der Waals surface area contributed by atoms with Crippen LogP contribution in [0.2, 0.25) is 0 Å². The lowest BCUT2D eigenvalue weighted by atomic mass is 10.1. The van der Waals surface area contributed by atoms with Crippen LogP contribution in [0.1, 0.15) is 11.3 Å². The second-order valence-corrected chi connectivity index (χ2v) is 5.14. The largest absolute Gasteiger partial charge is 0.480 e. The summed E-state index contributed by atoms with van der Waals surface area (Å²) in [6.07, 6.45) is 4.21. The molecule has 1 aromatic rings. The van der Waals surface area contributed by atoms with Crippen LogP contribution in [0.4, 0.5) is 0 Å². The molecule has 0 aliphatic carbocycles. The molecule has 0 spiro atoms. The van der Waals surface area contributed by atoms with Crippen molar-refractivity contribution in [2.24, 2.45) is 0 Å². The van der Waals surface area contributed by atoms with Gasteiger partial charge in [0.05, 0.1) is 5.69 Å². The Labute approximate surface area is 95.9 Å². The predicted molar refractivity (Wildman–Crippen MR) is 60.2 cm³/mol. The van der Waals surface area contributed by atoms with E-state index in [0.29, 0.717) is 12.2 Å². The van der Waals surface area contributed by atoms with Gasteiger partial charge in [0.1, 0.15) is 5.25 Å². The van der Waals surface area contributed by atoms with Crippen LogP contribution in [-0.2, 0) is 17.0 Å². The first-order valence-electron chi connectivity index (χ1n) is 4.44. The standard InChI is InChI=1S/C9H10N2O2S2/c1-14-9-10-3-5-2-7(8(12)13)15-4-6(5)11-9/h3,7H,2,4H2,1H3,(H,12,13)/t7-/m1/s1. The average molecular weight is 242 g/mol. The summed E-state index contributed by atoms with van der Waals surface area (Å²) in [4.78, 5) is 19.3. The van der Waals surface area contributed by atoms with Crippen LogP contribution in [0.3, 0.4) is 0 Å². The van der Waals surface area contributed by atoms with Crippen molar-refractivity contribution in [1.82, 2.24) is 9.97 Å². The van der Waals surface area contributed by atoms with E-state index in [1.807, 2.05) is 6.26 Å². The highest BCUT2D eigenvalue weighted by molar-refractivity contribution is 7.99. The van der Waals surface area contributed by atoms with Gasteiger partial charge in [-0.3, -0.25) is 4.79 Å². The molecule has 0 saturated carbocycles. The molecule has 1 aliphatic heterocycles. The Bertz CT molecular complexity index is 398. The first kappa shape index (κ1) is 10.8. The van der Waals surface area contributed by atoms with E-state index < -0.39 is 5.97 Å². The molecule has 80 valence electrons. The maximum Gasteiger partial charge on any atom is 0.316 e. The summed E-state index contributed by atoms with van der Waals surface area (Å²) in [7, 11) is 0. The zero-order valence-electron chi connectivity index (χ0n) is 8.14. The SMILES string of the molecule is CSc1ncc2c(n1)CS[C@@H](C(=O)O)C2. The molecule has 0 fully saturated rings. The number of hydrogen-bond acceptors (Lipinski definition) is 5. The van der Waals surface area contributed by atoms with Crippen LogP contribution in [0, 0.1) is 0 Å². The lowest BCUT2D eigenvalue weighted by Gasteiger charge is -2.19. The Morgan fingerprint density at radius 3 is 3.20 bits per heavy atom. The van der Waals surface area contributed by atoms with Crippen molar-refractivity contribution in [2.75, 3.05) is 6.26 Å². The number of carboxylic acids is 1. The molecule has 0 unspecified atom stereocenters. The fourth-order valence-corrected chi connectivity index (χ4v) is 2.82. The average Bonchev–Trinajstić information content (AvgIpc) is 2.27. The minimum Gasteiger partial charge on any atom is -0.480 e. The minimum absolute atomic E-state index is 0.346. The lowest BCUT2D eigenvalue weighted by molar-refractivity contribution is -0.136. The summed E-state index contributed by atoms with van der Waals surface area (Å²) >= 11 is 2.94. The van der Waals surface area contributed by atoms with Gasteiger partial charge >= 0.3 is 5.97 Å². The number of aromatic nitrogens is 2. The first-order valence-corrected chi connectivity index (χ1v) is 6.71. The minimum atomic E-state index is -0.750. The number of hydrogen-bond donors (Lipinski definition) is 1. The van der Waals surface area contributed by atoms with Gasteiger partial charge in [0.25, 0.3) is 0 Å². The molecule has 2 rings (SSSR count). The second kappa shape index (κ2) is 4.40. The van der Waals surface area contributed by atoms with Crippen molar-refractivity contribution < 1.29 is 9.90 Å². The van der Waals surface area contributed by atoms with Crippen LogP contribution >= 0.6 is 23.5 Å². The van der Waals surface area contributed by atoms with Gasteiger partial charge in [0.2, 0.25) is 0 Å². The van der Waals surface area contributed by atoms with Crippen LogP contribution in [-0.4, -0.2) is 32.5 Å². The Hall–Kier alpha value is -0.750. The van der Waals surface area contributed by atoms with Crippen molar-refractivity contribution in [2.45, 2.75) is 22.6 Å². The second-order valence-electron chi connectivity index (χ2n) is 3.17. The fourth-order valence-electron chi connectivity index (χ4n) is 1.41. The van der Waals surface area contributed by atoms with Crippen LogP contribution in [0.25, 0.3) is 0 Å². The summed E-state index contributed by atoms with van der Waals surface area (Å²) in [5.74, 6) is -0.0813. The van der Waals surface area contributed by atoms with Gasteiger partial charge in [-0.15, -0.1) is 11.8 Å². The van der Waals surface area contributed by atoms with E-state index in [1.54, 1.807) is 6.20 Å². The summed E-state index contributed by atoms with van der Waals surface area (Å²) in [6, 6.07) is 0.